The first-order valence-electron chi connectivity index (χ1n) is 10.2. The lowest BCUT2D eigenvalue weighted by atomic mass is 9.89. The zero-order chi connectivity index (χ0) is 21.1. The zero-order valence-electron chi connectivity index (χ0n) is 17.9. The Morgan fingerprint density at radius 3 is 2.69 bits per heavy atom. The predicted molar refractivity (Wildman–Crippen MR) is 115 cm³/mol. The van der Waals surface area contributed by atoms with Crippen molar-refractivity contribution in [3.05, 3.63) is 36.2 Å². The van der Waals surface area contributed by atoms with Crippen LogP contribution in [0.3, 0.4) is 0 Å². The van der Waals surface area contributed by atoms with Crippen molar-refractivity contribution in [1.82, 2.24) is 20.4 Å². The summed E-state index contributed by atoms with van der Waals surface area (Å²) in [5.74, 6) is -0.0529. The van der Waals surface area contributed by atoms with Gasteiger partial charge >= 0.3 is 0 Å². The highest BCUT2D eigenvalue weighted by Gasteiger charge is 2.33. The van der Waals surface area contributed by atoms with Crippen molar-refractivity contribution in [1.29, 1.82) is 0 Å². The highest BCUT2D eigenvalue weighted by atomic mass is 16.2. The number of fused-ring (bicyclic) bond motifs is 1. The Labute approximate surface area is 172 Å². The Hall–Kier alpha value is -2.67. The number of anilines is 1. The van der Waals surface area contributed by atoms with Gasteiger partial charge in [0.25, 0.3) is 0 Å². The van der Waals surface area contributed by atoms with Crippen LogP contribution >= 0.6 is 0 Å². The minimum absolute atomic E-state index is 0.0139. The molecule has 1 aromatic carbocycles. The number of likely N-dealkylation sites (N-methyl/N-ethyl adjacent to an activating group) is 1. The Bertz CT molecular complexity index is 889. The van der Waals surface area contributed by atoms with Gasteiger partial charge in [0.1, 0.15) is 0 Å². The summed E-state index contributed by atoms with van der Waals surface area (Å²) in [6.07, 6.45) is 4.57. The lowest BCUT2D eigenvalue weighted by Gasteiger charge is -2.39. The molecule has 2 amide bonds. The molecule has 3 rings (SSSR count). The summed E-state index contributed by atoms with van der Waals surface area (Å²) in [6.45, 7) is 9.04. The summed E-state index contributed by atoms with van der Waals surface area (Å²) < 4.78 is 1.91. The van der Waals surface area contributed by atoms with Crippen molar-refractivity contribution in [3.63, 3.8) is 0 Å². The van der Waals surface area contributed by atoms with Crippen LogP contribution < -0.4 is 15.5 Å². The van der Waals surface area contributed by atoms with Crippen LogP contribution in [0, 0.1) is 5.92 Å². The average molecular weight is 398 g/mol. The van der Waals surface area contributed by atoms with E-state index in [4.69, 9.17) is 0 Å². The first kappa shape index (κ1) is 21.0. The first-order valence-corrected chi connectivity index (χ1v) is 10.2. The lowest BCUT2D eigenvalue weighted by Crippen LogP contribution is -2.46. The molecule has 0 saturated carbocycles. The smallest absolute Gasteiger partial charge is 0.224 e. The average Bonchev–Trinajstić information content (AvgIpc) is 3.14. The van der Waals surface area contributed by atoms with Crippen LogP contribution in [-0.4, -0.2) is 41.2 Å². The van der Waals surface area contributed by atoms with Crippen molar-refractivity contribution < 1.29 is 9.59 Å². The van der Waals surface area contributed by atoms with E-state index < -0.39 is 0 Å². The zero-order valence-corrected chi connectivity index (χ0v) is 17.9. The highest BCUT2D eigenvalue weighted by molar-refractivity contribution is 5.94. The van der Waals surface area contributed by atoms with Gasteiger partial charge in [-0.25, -0.2) is 0 Å². The van der Waals surface area contributed by atoms with E-state index in [1.807, 2.05) is 61.9 Å². The van der Waals surface area contributed by atoms with Gasteiger partial charge in [-0.15, -0.1) is 0 Å². The molecule has 29 heavy (non-hydrogen) atoms. The standard InChI is InChI=1S/C22H31N5O2/c1-14(2)22(29)25-20-10-15(3)27(16(4)28)21-7-6-17(11-19(20)21)18-12-24-26(13-18)9-8-23-5/h6-7,11-15,20,23H,8-10H2,1-5H3,(H,25,29)/t15-,20+/m0/s1. The molecule has 2 atom stereocenters. The van der Waals surface area contributed by atoms with Crippen LogP contribution in [0.2, 0.25) is 0 Å². The Kier molecular flexibility index (Phi) is 6.37. The lowest BCUT2D eigenvalue weighted by molar-refractivity contribution is -0.124. The minimum Gasteiger partial charge on any atom is -0.349 e. The van der Waals surface area contributed by atoms with E-state index in [2.05, 4.69) is 21.8 Å². The summed E-state index contributed by atoms with van der Waals surface area (Å²) >= 11 is 0. The second-order valence-electron chi connectivity index (χ2n) is 8.06. The fraction of sp³-hybridized carbons (Fsp3) is 0.500. The van der Waals surface area contributed by atoms with Crippen LogP contribution in [0.15, 0.2) is 30.6 Å². The quantitative estimate of drug-likeness (QED) is 0.786. The molecule has 0 fully saturated rings. The number of nitrogens with zero attached hydrogens (tertiary/aromatic N) is 3. The normalized spacial score (nSPS) is 18.6. The minimum atomic E-state index is -0.121. The molecule has 2 N–H and O–H groups in total. The summed E-state index contributed by atoms with van der Waals surface area (Å²) in [5, 5.41) is 10.7. The van der Waals surface area contributed by atoms with Crippen LogP contribution in [0.25, 0.3) is 11.1 Å². The van der Waals surface area contributed by atoms with Crippen LogP contribution in [0.4, 0.5) is 5.69 Å². The molecule has 1 aliphatic heterocycles. The Morgan fingerprint density at radius 1 is 1.28 bits per heavy atom. The number of carbonyl (C=O) groups excluding carboxylic acids is 2. The van der Waals surface area contributed by atoms with Gasteiger partial charge in [0.2, 0.25) is 11.8 Å². The maximum atomic E-state index is 12.4. The topological polar surface area (TPSA) is 79.3 Å². The molecule has 2 aromatic rings. The Morgan fingerprint density at radius 2 is 2.03 bits per heavy atom. The second-order valence-corrected chi connectivity index (χ2v) is 8.06. The molecule has 0 radical (unpaired) electrons. The molecule has 0 aliphatic carbocycles. The molecule has 0 spiro atoms. The van der Waals surface area contributed by atoms with Crippen molar-refractivity contribution in [2.45, 2.75) is 52.7 Å². The van der Waals surface area contributed by atoms with Gasteiger partial charge in [-0.1, -0.05) is 19.9 Å². The summed E-state index contributed by atoms with van der Waals surface area (Å²) in [6, 6.07) is 5.99. The molecular weight excluding hydrogens is 366 g/mol. The monoisotopic (exact) mass is 397 g/mol. The van der Waals surface area contributed by atoms with Crippen molar-refractivity contribution in [2.24, 2.45) is 5.92 Å². The first-order chi connectivity index (χ1) is 13.8. The largest absolute Gasteiger partial charge is 0.349 e. The molecule has 1 aromatic heterocycles. The Balaban J connectivity index is 1.99. The number of carbonyl (C=O) groups is 2. The van der Waals surface area contributed by atoms with Gasteiger partial charge in [-0.2, -0.15) is 5.10 Å². The highest BCUT2D eigenvalue weighted by Crippen LogP contribution is 2.39. The van der Waals surface area contributed by atoms with Crippen molar-refractivity contribution in [2.75, 3.05) is 18.5 Å². The van der Waals surface area contributed by atoms with Crippen LogP contribution in [0.1, 0.15) is 45.7 Å². The molecule has 156 valence electrons. The van der Waals surface area contributed by atoms with Gasteiger partial charge in [0, 0.05) is 42.9 Å². The maximum Gasteiger partial charge on any atom is 0.224 e. The second kappa shape index (κ2) is 8.78. The van der Waals surface area contributed by atoms with E-state index in [9.17, 15) is 9.59 Å². The van der Waals surface area contributed by atoms with Gasteiger partial charge in [0.15, 0.2) is 0 Å². The van der Waals surface area contributed by atoms with E-state index in [1.54, 1.807) is 6.92 Å². The number of aromatic nitrogens is 2. The molecular formula is C22H31N5O2. The van der Waals surface area contributed by atoms with Gasteiger partial charge in [0.05, 0.1) is 18.8 Å². The van der Waals surface area contributed by atoms with E-state index >= 15 is 0 Å². The van der Waals surface area contributed by atoms with E-state index in [0.717, 1.165) is 35.5 Å². The fourth-order valence-corrected chi connectivity index (χ4v) is 3.86. The number of nitrogens with one attached hydrogen (secondary N) is 2. The molecule has 0 unspecified atom stereocenters. The van der Waals surface area contributed by atoms with E-state index in [1.165, 1.54) is 0 Å². The van der Waals surface area contributed by atoms with E-state index in [0.29, 0.717) is 6.42 Å². The number of rotatable bonds is 6. The third kappa shape index (κ3) is 4.50. The molecule has 7 nitrogen and oxygen atoms in total. The van der Waals surface area contributed by atoms with Gasteiger partial charge < -0.3 is 15.5 Å². The molecule has 7 heteroatoms. The number of amides is 2. The van der Waals surface area contributed by atoms with Gasteiger partial charge in [-0.05, 0) is 43.7 Å². The van der Waals surface area contributed by atoms with Crippen LogP contribution in [0.5, 0.6) is 0 Å². The molecule has 1 aliphatic rings. The third-order valence-electron chi connectivity index (χ3n) is 5.42. The SMILES string of the molecule is CNCCn1cc(-c2ccc3c(c2)[C@H](NC(=O)C(C)C)C[C@H](C)N3C(C)=O)cn1. The van der Waals surface area contributed by atoms with Crippen molar-refractivity contribution in [3.8, 4) is 11.1 Å². The van der Waals surface area contributed by atoms with E-state index in [-0.39, 0.29) is 29.8 Å². The van der Waals surface area contributed by atoms with Crippen LogP contribution in [-0.2, 0) is 16.1 Å². The summed E-state index contributed by atoms with van der Waals surface area (Å²) in [5.41, 5.74) is 3.90. The summed E-state index contributed by atoms with van der Waals surface area (Å²) in [4.78, 5) is 26.5. The van der Waals surface area contributed by atoms with Gasteiger partial charge in [-0.3, -0.25) is 14.3 Å². The predicted octanol–water partition coefficient (Wildman–Crippen LogP) is 2.73. The number of hydrogen-bond acceptors (Lipinski definition) is 4. The molecule has 2 heterocycles. The maximum absolute atomic E-state index is 12.4. The molecule has 0 saturated heterocycles. The number of benzene rings is 1. The van der Waals surface area contributed by atoms with Crippen molar-refractivity contribution >= 4 is 17.5 Å². The number of hydrogen-bond donors (Lipinski definition) is 2. The summed E-state index contributed by atoms with van der Waals surface area (Å²) in [7, 11) is 1.92. The molecule has 0 bridgehead atoms. The fourth-order valence-electron chi connectivity index (χ4n) is 3.86. The third-order valence-corrected chi connectivity index (χ3v) is 5.42.